The molecule has 0 bridgehead atoms. The lowest BCUT2D eigenvalue weighted by atomic mass is 9.92. The molecule has 6 nitrogen and oxygen atoms in total. The lowest BCUT2D eigenvalue weighted by molar-refractivity contribution is -0.130. The number of amides is 1. The quantitative estimate of drug-likeness (QED) is 0.819. The number of nitrogens with zero attached hydrogens (tertiary/aromatic N) is 2. The van der Waals surface area contributed by atoms with E-state index in [4.69, 9.17) is 0 Å². The maximum absolute atomic E-state index is 12.8. The summed E-state index contributed by atoms with van der Waals surface area (Å²) in [6, 6.07) is 9.24. The Kier molecular flexibility index (Phi) is 5.26. The van der Waals surface area contributed by atoms with Gasteiger partial charge >= 0.3 is 0 Å². The third kappa shape index (κ3) is 3.84. The molecule has 0 aliphatic carbocycles. The highest BCUT2D eigenvalue weighted by atomic mass is 16.3. The molecule has 1 aliphatic rings. The van der Waals surface area contributed by atoms with Crippen molar-refractivity contribution in [1.82, 2.24) is 9.88 Å². The second kappa shape index (κ2) is 7.61. The van der Waals surface area contributed by atoms with Gasteiger partial charge < -0.3 is 15.1 Å². The van der Waals surface area contributed by atoms with E-state index in [2.05, 4.69) is 4.98 Å². The van der Waals surface area contributed by atoms with Crippen LogP contribution in [0.5, 0.6) is 5.75 Å². The first kappa shape index (κ1) is 18.6. The number of phenols is 1. The van der Waals surface area contributed by atoms with Gasteiger partial charge in [0.2, 0.25) is 0 Å². The second-order valence-electron chi connectivity index (χ2n) is 7.08. The zero-order valence-corrected chi connectivity index (χ0v) is 15.3. The van der Waals surface area contributed by atoms with Crippen molar-refractivity contribution >= 4 is 11.7 Å². The number of Topliss-reactive ketones (excluding diaryl/α,β-unsaturated/α-hetero) is 1. The molecule has 0 spiro atoms. The monoisotopic (exact) mass is 366 g/mol. The van der Waals surface area contributed by atoms with Gasteiger partial charge in [0.25, 0.3) is 5.91 Å². The van der Waals surface area contributed by atoms with Crippen LogP contribution in [0.3, 0.4) is 0 Å². The molecule has 0 fully saturated rings. The van der Waals surface area contributed by atoms with Crippen molar-refractivity contribution in [2.24, 2.45) is 5.92 Å². The van der Waals surface area contributed by atoms with Crippen molar-refractivity contribution in [1.29, 1.82) is 0 Å². The summed E-state index contributed by atoms with van der Waals surface area (Å²) in [6.07, 6.45) is 3.50. The molecule has 27 heavy (non-hydrogen) atoms. The van der Waals surface area contributed by atoms with Gasteiger partial charge in [-0.25, -0.2) is 0 Å². The molecule has 2 aromatic rings. The summed E-state index contributed by atoms with van der Waals surface area (Å²) in [5.74, 6) is -1.26. The number of aliphatic hydroxyl groups excluding tert-OH is 1. The molecule has 6 heteroatoms. The fraction of sp³-hybridized carbons (Fsp3) is 0.286. The molecular formula is C21H22N2O4. The fourth-order valence-corrected chi connectivity index (χ4v) is 3.31. The Hall–Kier alpha value is -3.15. The highest BCUT2D eigenvalue weighted by Gasteiger charge is 2.43. The number of ketones is 1. The predicted molar refractivity (Wildman–Crippen MR) is 99.8 cm³/mol. The zero-order chi connectivity index (χ0) is 19.6. The molecule has 1 aromatic carbocycles. The van der Waals surface area contributed by atoms with Gasteiger partial charge in [-0.3, -0.25) is 14.6 Å². The first-order valence-electron chi connectivity index (χ1n) is 8.83. The number of aliphatic hydroxyl groups is 1. The van der Waals surface area contributed by atoms with Gasteiger partial charge in [0, 0.05) is 25.4 Å². The largest absolute Gasteiger partial charge is 0.508 e. The molecule has 1 aliphatic heterocycles. The summed E-state index contributed by atoms with van der Waals surface area (Å²) in [4.78, 5) is 31.1. The number of carbonyl (C=O) groups excluding carboxylic acids is 2. The normalized spacial score (nSPS) is 17.1. The Balaban J connectivity index is 2.05. The van der Waals surface area contributed by atoms with Crippen molar-refractivity contribution in [2.45, 2.75) is 32.9 Å². The van der Waals surface area contributed by atoms with E-state index in [9.17, 15) is 19.8 Å². The van der Waals surface area contributed by atoms with Crippen molar-refractivity contribution in [3.05, 3.63) is 71.3 Å². The van der Waals surface area contributed by atoms with Gasteiger partial charge in [-0.2, -0.15) is 0 Å². The van der Waals surface area contributed by atoms with Crippen molar-refractivity contribution in [2.75, 3.05) is 0 Å². The van der Waals surface area contributed by atoms with E-state index in [1.54, 1.807) is 30.6 Å². The molecule has 1 unspecified atom stereocenters. The third-order valence-electron chi connectivity index (χ3n) is 4.46. The molecule has 1 amide bonds. The number of rotatable bonds is 6. The van der Waals surface area contributed by atoms with Gasteiger partial charge in [0.1, 0.15) is 5.75 Å². The van der Waals surface area contributed by atoms with Crippen LogP contribution in [-0.2, 0) is 16.1 Å². The van der Waals surface area contributed by atoms with Crippen LogP contribution >= 0.6 is 0 Å². The maximum atomic E-state index is 12.8. The Morgan fingerprint density at radius 3 is 2.63 bits per heavy atom. The summed E-state index contributed by atoms with van der Waals surface area (Å²) >= 11 is 0. The van der Waals surface area contributed by atoms with Gasteiger partial charge in [-0.05, 0) is 35.2 Å². The first-order valence-corrected chi connectivity index (χ1v) is 8.83. The third-order valence-corrected chi connectivity index (χ3v) is 4.46. The molecule has 2 heterocycles. The van der Waals surface area contributed by atoms with Crippen LogP contribution in [0, 0.1) is 5.92 Å². The van der Waals surface area contributed by atoms with Crippen LogP contribution < -0.4 is 0 Å². The standard InChI is InChI=1S/C21H22N2O4/c1-13(2)9-17(25)18-19(15-6-3-7-16(24)10-15)23(21(27)20(18)26)12-14-5-4-8-22-11-14/h3-8,10-11,13,19,24,26H,9,12H2,1-2H3. The van der Waals surface area contributed by atoms with E-state index in [0.717, 1.165) is 5.56 Å². The number of aromatic hydroxyl groups is 1. The lowest BCUT2D eigenvalue weighted by Gasteiger charge is -2.27. The van der Waals surface area contributed by atoms with Crippen molar-refractivity contribution < 1.29 is 19.8 Å². The predicted octanol–water partition coefficient (Wildman–Crippen LogP) is 3.30. The van der Waals surface area contributed by atoms with Crippen molar-refractivity contribution in [3.63, 3.8) is 0 Å². The Morgan fingerprint density at radius 1 is 1.22 bits per heavy atom. The molecule has 1 atom stereocenters. The number of carbonyl (C=O) groups is 2. The number of aromatic nitrogens is 1. The summed E-state index contributed by atoms with van der Waals surface area (Å²) < 4.78 is 0. The lowest BCUT2D eigenvalue weighted by Crippen LogP contribution is -2.30. The number of hydrogen-bond donors (Lipinski definition) is 2. The Morgan fingerprint density at radius 2 is 2.00 bits per heavy atom. The van der Waals surface area contributed by atoms with Crippen LogP contribution in [0.2, 0.25) is 0 Å². The molecule has 3 rings (SSSR count). The van der Waals surface area contributed by atoms with Crippen LogP contribution in [0.4, 0.5) is 0 Å². The minimum Gasteiger partial charge on any atom is -0.508 e. The summed E-state index contributed by atoms with van der Waals surface area (Å²) in [5, 5.41) is 20.4. The van der Waals surface area contributed by atoms with Crippen LogP contribution in [-0.4, -0.2) is 31.8 Å². The van der Waals surface area contributed by atoms with Gasteiger partial charge in [0.05, 0.1) is 11.6 Å². The number of phenolic OH excluding ortho intramolecular Hbond substituents is 1. The summed E-state index contributed by atoms with van der Waals surface area (Å²) in [7, 11) is 0. The van der Waals surface area contributed by atoms with E-state index in [1.165, 1.54) is 17.0 Å². The first-order chi connectivity index (χ1) is 12.9. The second-order valence-corrected chi connectivity index (χ2v) is 7.08. The average molecular weight is 366 g/mol. The molecular weight excluding hydrogens is 344 g/mol. The molecule has 0 saturated carbocycles. The van der Waals surface area contributed by atoms with Crippen LogP contribution in [0.1, 0.15) is 37.4 Å². The number of pyridine rings is 1. The van der Waals surface area contributed by atoms with E-state index < -0.39 is 17.7 Å². The smallest absolute Gasteiger partial charge is 0.290 e. The van der Waals surface area contributed by atoms with Crippen LogP contribution in [0.25, 0.3) is 0 Å². The van der Waals surface area contributed by atoms with Gasteiger partial charge in [-0.15, -0.1) is 0 Å². The highest BCUT2D eigenvalue weighted by molar-refractivity contribution is 6.09. The minimum absolute atomic E-state index is 0.0309. The number of benzene rings is 1. The van der Waals surface area contributed by atoms with E-state index >= 15 is 0 Å². The minimum atomic E-state index is -0.754. The topological polar surface area (TPSA) is 90.7 Å². The SMILES string of the molecule is CC(C)CC(=O)C1=C(O)C(=O)N(Cc2cccnc2)C1c1cccc(O)c1. The average Bonchev–Trinajstić information content (AvgIpc) is 2.87. The van der Waals surface area contributed by atoms with E-state index in [1.807, 2.05) is 19.9 Å². The maximum Gasteiger partial charge on any atom is 0.290 e. The molecule has 2 N–H and O–H groups in total. The molecule has 140 valence electrons. The van der Waals surface area contributed by atoms with Gasteiger partial charge in [-0.1, -0.05) is 32.0 Å². The van der Waals surface area contributed by atoms with E-state index in [-0.39, 0.29) is 36.0 Å². The zero-order valence-electron chi connectivity index (χ0n) is 15.3. The van der Waals surface area contributed by atoms with Crippen LogP contribution in [0.15, 0.2) is 60.1 Å². The summed E-state index contributed by atoms with van der Waals surface area (Å²) in [6.45, 7) is 4.00. The molecule has 1 aromatic heterocycles. The molecule has 0 radical (unpaired) electrons. The fourth-order valence-electron chi connectivity index (χ4n) is 3.31. The number of hydrogen-bond acceptors (Lipinski definition) is 5. The van der Waals surface area contributed by atoms with Gasteiger partial charge in [0.15, 0.2) is 11.5 Å². The highest BCUT2D eigenvalue weighted by Crippen LogP contribution is 2.40. The van der Waals surface area contributed by atoms with Crippen molar-refractivity contribution in [3.8, 4) is 5.75 Å². The summed E-state index contributed by atoms with van der Waals surface area (Å²) in [5.41, 5.74) is 1.44. The van der Waals surface area contributed by atoms with E-state index in [0.29, 0.717) is 5.56 Å². The Bertz CT molecular complexity index is 890. The molecule has 0 saturated heterocycles. The Labute approximate surface area is 157 Å².